The number of aromatic nitrogens is 1. The van der Waals surface area contributed by atoms with E-state index < -0.39 is 0 Å². The predicted octanol–water partition coefficient (Wildman–Crippen LogP) is 3.32. The first-order valence-corrected chi connectivity index (χ1v) is 9.71. The third kappa shape index (κ3) is 4.14. The van der Waals surface area contributed by atoms with E-state index in [9.17, 15) is 4.79 Å². The van der Waals surface area contributed by atoms with Gasteiger partial charge in [-0.15, -0.1) is 0 Å². The molecule has 2 amide bonds. The Bertz CT molecular complexity index is 887. The molecule has 0 aliphatic carbocycles. The zero-order chi connectivity index (χ0) is 18.6. The molecule has 140 valence electrons. The van der Waals surface area contributed by atoms with E-state index in [0.717, 1.165) is 28.0 Å². The van der Waals surface area contributed by atoms with Gasteiger partial charge in [-0.25, -0.2) is 9.78 Å². The maximum atomic E-state index is 12.2. The first-order chi connectivity index (χ1) is 13.2. The van der Waals surface area contributed by atoms with Gasteiger partial charge < -0.3 is 19.7 Å². The maximum absolute atomic E-state index is 12.2. The Morgan fingerprint density at radius 3 is 2.74 bits per heavy atom. The fourth-order valence-electron chi connectivity index (χ4n) is 2.94. The fourth-order valence-corrected chi connectivity index (χ4v) is 3.82. The van der Waals surface area contributed by atoms with Crippen LogP contribution in [0.15, 0.2) is 48.5 Å². The number of nitrogens with one attached hydrogen (secondary N) is 1. The van der Waals surface area contributed by atoms with Crippen molar-refractivity contribution in [1.82, 2.24) is 15.2 Å². The Morgan fingerprint density at radius 2 is 2.00 bits per heavy atom. The summed E-state index contributed by atoms with van der Waals surface area (Å²) in [4.78, 5) is 18.4. The van der Waals surface area contributed by atoms with Crippen molar-refractivity contribution in [2.24, 2.45) is 0 Å². The minimum absolute atomic E-state index is 0.0119. The van der Waals surface area contributed by atoms with Crippen LogP contribution in [-0.2, 0) is 6.42 Å². The van der Waals surface area contributed by atoms with Gasteiger partial charge >= 0.3 is 6.03 Å². The van der Waals surface area contributed by atoms with Crippen molar-refractivity contribution in [3.05, 3.63) is 54.1 Å². The molecule has 0 spiro atoms. The van der Waals surface area contributed by atoms with Crippen molar-refractivity contribution in [2.75, 3.05) is 26.7 Å². The number of nitrogens with zero attached hydrogens (tertiary/aromatic N) is 2. The summed E-state index contributed by atoms with van der Waals surface area (Å²) in [7, 11) is 1.65. The van der Waals surface area contributed by atoms with E-state index in [1.807, 2.05) is 48.5 Å². The zero-order valence-electron chi connectivity index (χ0n) is 15.1. The van der Waals surface area contributed by atoms with Crippen molar-refractivity contribution >= 4 is 27.6 Å². The molecule has 0 atom stereocenters. The molecule has 7 heteroatoms. The van der Waals surface area contributed by atoms with Gasteiger partial charge in [-0.05, 0) is 36.2 Å². The monoisotopic (exact) mass is 383 g/mol. The second kappa shape index (κ2) is 7.84. The van der Waals surface area contributed by atoms with Crippen molar-refractivity contribution in [1.29, 1.82) is 0 Å². The molecule has 27 heavy (non-hydrogen) atoms. The molecule has 4 rings (SSSR count). The Kier molecular flexibility index (Phi) is 5.11. The first-order valence-electron chi connectivity index (χ1n) is 8.89. The highest BCUT2D eigenvalue weighted by Gasteiger charge is 2.32. The number of urea groups is 1. The summed E-state index contributed by atoms with van der Waals surface area (Å²) in [6.45, 7) is 1.78. The molecule has 1 saturated heterocycles. The number of hydrogen-bond donors (Lipinski definition) is 1. The molecule has 3 aromatic rings. The largest absolute Gasteiger partial charge is 0.497 e. The maximum Gasteiger partial charge on any atom is 0.317 e. The lowest BCUT2D eigenvalue weighted by Gasteiger charge is -2.38. The quantitative estimate of drug-likeness (QED) is 0.709. The highest BCUT2D eigenvalue weighted by Crippen LogP contribution is 2.29. The minimum Gasteiger partial charge on any atom is -0.497 e. The molecule has 0 unspecified atom stereocenters. The average molecular weight is 383 g/mol. The lowest BCUT2D eigenvalue weighted by Crippen LogP contribution is -2.59. The summed E-state index contributed by atoms with van der Waals surface area (Å²) in [5, 5.41) is 3.62. The average Bonchev–Trinajstić information content (AvgIpc) is 3.07. The molecule has 6 nitrogen and oxygen atoms in total. The Morgan fingerprint density at radius 1 is 1.22 bits per heavy atom. The molecule has 0 saturated carbocycles. The number of carbonyl (C=O) groups excluding carboxylic acids is 1. The lowest BCUT2D eigenvalue weighted by atomic mass is 10.1. The lowest BCUT2D eigenvalue weighted by molar-refractivity contribution is 0.0445. The Labute approximate surface area is 161 Å². The first kappa shape index (κ1) is 17.6. The van der Waals surface area contributed by atoms with Crippen molar-refractivity contribution in [2.45, 2.75) is 12.5 Å². The van der Waals surface area contributed by atoms with E-state index in [4.69, 9.17) is 9.47 Å². The number of ether oxygens (including phenoxy) is 2. The van der Waals surface area contributed by atoms with Gasteiger partial charge in [-0.3, -0.25) is 0 Å². The predicted molar refractivity (Wildman–Crippen MR) is 106 cm³/mol. The van der Waals surface area contributed by atoms with Crippen LogP contribution in [0.4, 0.5) is 4.79 Å². The Hall–Kier alpha value is -2.80. The SMILES string of the molecule is COc1ccc(CCNC(=O)N2CC(Oc3nc4ccccc4s3)C2)cc1. The molecule has 1 N–H and O–H groups in total. The third-order valence-electron chi connectivity index (χ3n) is 4.53. The van der Waals surface area contributed by atoms with Crippen molar-refractivity contribution < 1.29 is 14.3 Å². The molecule has 0 radical (unpaired) electrons. The van der Waals surface area contributed by atoms with Crippen molar-refractivity contribution in [3.8, 4) is 10.9 Å². The molecule has 1 aliphatic heterocycles. The van der Waals surface area contributed by atoms with Crippen LogP contribution in [0.25, 0.3) is 10.2 Å². The van der Waals surface area contributed by atoms with Crippen LogP contribution < -0.4 is 14.8 Å². The fraction of sp³-hybridized carbons (Fsp3) is 0.300. The standard InChI is InChI=1S/C20H21N3O3S/c1-25-15-8-6-14(7-9-15)10-11-21-19(24)23-12-16(13-23)26-20-22-17-4-2-3-5-18(17)27-20/h2-9,16H,10-13H2,1H3,(H,21,24). The van der Waals surface area contributed by atoms with E-state index in [-0.39, 0.29) is 12.1 Å². The normalized spacial score (nSPS) is 14.0. The number of carbonyl (C=O) groups is 1. The van der Waals surface area contributed by atoms with E-state index in [1.165, 1.54) is 11.3 Å². The summed E-state index contributed by atoms with van der Waals surface area (Å²) in [5.41, 5.74) is 2.11. The molecule has 2 heterocycles. The van der Waals surface area contributed by atoms with Crippen LogP contribution in [0.1, 0.15) is 5.56 Å². The van der Waals surface area contributed by atoms with Gasteiger partial charge in [-0.1, -0.05) is 35.6 Å². The second-order valence-electron chi connectivity index (χ2n) is 6.42. The topological polar surface area (TPSA) is 63.7 Å². The molecule has 2 aromatic carbocycles. The number of benzene rings is 2. The number of para-hydroxylation sites is 1. The highest BCUT2D eigenvalue weighted by molar-refractivity contribution is 7.20. The van der Waals surface area contributed by atoms with Crippen molar-refractivity contribution in [3.63, 3.8) is 0 Å². The second-order valence-corrected chi connectivity index (χ2v) is 7.42. The van der Waals surface area contributed by atoms with Crippen LogP contribution >= 0.6 is 11.3 Å². The van der Waals surface area contributed by atoms with E-state index >= 15 is 0 Å². The number of rotatable bonds is 6. The zero-order valence-corrected chi connectivity index (χ0v) is 15.9. The summed E-state index contributed by atoms with van der Waals surface area (Å²) in [6.07, 6.45) is 0.799. The van der Waals surface area contributed by atoms with Gasteiger partial charge in [0.05, 0.1) is 30.4 Å². The number of methoxy groups -OCH3 is 1. The van der Waals surface area contributed by atoms with E-state index in [1.54, 1.807) is 12.0 Å². The smallest absolute Gasteiger partial charge is 0.317 e. The molecule has 0 bridgehead atoms. The van der Waals surface area contributed by atoms with Gasteiger partial charge in [0.2, 0.25) is 0 Å². The van der Waals surface area contributed by atoms with Crippen LogP contribution in [-0.4, -0.2) is 48.8 Å². The van der Waals surface area contributed by atoms with Gasteiger partial charge in [0.1, 0.15) is 11.9 Å². The minimum atomic E-state index is -0.0485. The van der Waals surface area contributed by atoms with Gasteiger partial charge in [0.25, 0.3) is 5.19 Å². The van der Waals surface area contributed by atoms with Crippen LogP contribution in [0.2, 0.25) is 0 Å². The number of thiazole rings is 1. The van der Waals surface area contributed by atoms with Crippen LogP contribution in [0.5, 0.6) is 10.9 Å². The van der Waals surface area contributed by atoms with Gasteiger partial charge in [-0.2, -0.15) is 0 Å². The van der Waals surface area contributed by atoms with E-state index in [2.05, 4.69) is 10.3 Å². The number of fused-ring (bicyclic) bond motifs is 1. The number of amides is 2. The summed E-state index contributed by atoms with van der Waals surface area (Å²) < 4.78 is 12.1. The Balaban J connectivity index is 1.19. The summed E-state index contributed by atoms with van der Waals surface area (Å²) in [5.74, 6) is 0.836. The third-order valence-corrected chi connectivity index (χ3v) is 5.45. The molecule has 1 fully saturated rings. The molecular formula is C20H21N3O3S. The molecular weight excluding hydrogens is 362 g/mol. The highest BCUT2D eigenvalue weighted by atomic mass is 32.1. The molecule has 1 aromatic heterocycles. The number of likely N-dealkylation sites (tertiary alicyclic amines) is 1. The van der Waals surface area contributed by atoms with Gasteiger partial charge in [0, 0.05) is 6.54 Å². The van der Waals surface area contributed by atoms with Crippen LogP contribution in [0.3, 0.4) is 0 Å². The molecule has 1 aliphatic rings. The number of hydrogen-bond acceptors (Lipinski definition) is 5. The van der Waals surface area contributed by atoms with Crippen LogP contribution in [0, 0.1) is 0 Å². The van der Waals surface area contributed by atoms with E-state index in [0.29, 0.717) is 24.8 Å². The summed E-state index contributed by atoms with van der Waals surface area (Å²) in [6, 6.07) is 15.8. The van der Waals surface area contributed by atoms with Gasteiger partial charge in [0.15, 0.2) is 0 Å². The summed E-state index contributed by atoms with van der Waals surface area (Å²) >= 11 is 1.54.